The van der Waals surface area contributed by atoms with E-state index >= 15 is 0 Å². The zero-order valence-electron chi connectivity index (χ0n) is 20.9. The number of nitrogens with one attached hydrogen (secondary N) is 1. The quantitative estimate of drug-likeness (QED) is 0.147. The zero-order valence-corrected chi connectivity index (χ0v) is 22.4. The first-order chi connectivity index (χ1) is 16.6. The number of para-hydroxylation sites is 1. The van der Waals surface area contributed by atoms with E-state index in [9.17, 15) is 20.1 Å². The molecule has 1 amide bonds. The van der Waals surface area contributed by atoms with Gasteiger partial charge in [-0.05, 0) is 80.4 Å². The van der Waals surface area contributed by atoms with Crippen molar-refractivity contribution in [3.63, 3.8) is 0 Å². The molecule has 188 valence electrons. The molecule has 1 aliphatic heterocycles. The van der Waals surface area contributed by atoms with Gasteiger partial charge in [-0.1, -0.05) is 42.7 Å². The van der Waals surface area contributed by atoms with Crippen LogP contribution in [0.25, 0.3) is 0 Å². The van der Waals surface area contributed by atoms with E-state index in [1.54, 1.807) is 12.1 Å². The molecule has 0 aliphatic carbocycles. The van der Waals surface area contributed by atoms with Crippen LogP contribution in [0.15, 0.2) is 52.0 Å². The molecule has 2 aromatic rings. The highest BCUT2D eigenvalue weighted by Gasteiger charge is 2.31. The first-order valence-electron chi connectivity index (χ1n) is 12.0. The van der Waals surface area contributed by atoms with Gasteiger partial charge in [-0.25, -0.2) is 0 Å². The van der Waals surface area contributed by atoms with Gasteiger partial charge >= 0.3 is 0 Å². The number of amides is 1. The third kappa shape index (κ3) is 6.40. The van der Waals surface area contributed by atoms with Crippen molar-refractivity contribution in [3.8, 4) is 17.2 Å². The topological polar surface area (TPSA) is 93.0 Å². The Bertz CT molecular complexity index is 1150. The van der Waals surface area contributed by atoms with Crippen LogP contribution in [0.4, 0.5) is 17.1 Å². The molecule has 1 aliphatic rings. The van der Waals surface area contributed by atoms with E-state index in [4.69, 9.17) is 0 Å². The summed E-state index contributed by atoms with van der Waals surface area (Å²) in [5.74, 6) is -0.189. The van der Waals surface area contributed by atoms with Gasteiger partial charge in [0.05, 0.1) is 16.9 Å². The lowest BCUT2D eigenvalue weighted by molar-refractivity contribution is 0.0991. The fourth-order valence-corrected chi connectivity index (χ4v) is 4.56. The molecule has 4 N–H and O–H groups in total. The fourth-order valence-electron chi connectivity index (χ4n) is 4.24. The smallest absolute Gasteiger partial charge is 0.260 e. The average molecular weight is 544 g/mol. The van der Waals surface area contributed by atoms with Crippen molar-refractivity contribution >= 4 is 38.9 Å². The number of hydrogen-bond acceptors (Lipinski definition) is 5. The lowest BCUT2D eigenvalue weighted by Gasteiger charge is -2.23. The Labute approximate surface area is 216 Å². The lowest BCUT2D eigenvalue weighted by atomic mass is 9.97. The van der Waals surface area contributed by atoms with Gasteiger partial charge in [-0.2, -0.15) is 0 Å². The number of hydrogen-bond donors (Lipinski definition) is 4. The highest BCUT2D eigenvalue weighted by molar-refractivity contribution is 9.10. The van der Waals surface area contributed by atoms with Gasteiger partial charge in [0.15, 0.2) is 5.75 Å². The van der Waals surface area contributed by atoms with Crippen molar-refractivity contribution in [2.75, 3.05) is 16.8 Å². The second kappa shape index (κ2) is 11.7. The predicted octanol–water partition coefficient (Wildman–Crippen LogP) is 7.77. The van der Waals surface area contributed by atoms with Crippen LogP contribution >= 0.6 is 15.9 Å². The Morgan fingerprint density at radius 3 is 2.54 bits per heavy atom. The lowest BCUT2D eigenvalue weighted by Crippen LogP contribution is -2.30. The van der Waals surface area contributed by atoms with E-state index in [1.807, 2.05) is 6.08 Å². The molecule has 0 fully saturated rings. The maximum absolute atomic E-state index is 13.5. The standard InChI is InChI=1S/C28H35BrN2O4/c1-17(2)8-5-9-18(3)10-6-11-19(4)14-15-31-21-16-23(33)24(29)27(34)26(21)30-25-20(28(31)35)12-7-13-22(25)32/h7-8,12-14,16,18,30,32-34H,5-6,9-11,15H2,1-4H3. The van der Waals surface area contributed by atoms with E-state index in [0.29, 0.717) is 11.6 Å². The molecule has 0 aromatic heterocycles. The third-order valence-electron chi connectivity index (χ3n) is 6.36. The molecule has 3 rings (SSSR count). The summed E-state index contributed by atoms with van der Waals surface area (Å²) in [7, 11) is 0. The van der Waals surface area contributed by atoms with E-state index < -0.39 is 0 Å². The van der Waals surface area contributed by atoms with Gasteiger partial charge in [-0.15, -0.1) is 0 Å². The molecule has 7 heteroatoms. The number of benzene rings is 2. The molecule has 0 spiro atoms. The second-order valence-electron chi connectivity index (χ2n) is 9.60. The molecule has 1 atom stereocenters. The number of halogens is 1. The number of nitrogens with zero attached hydrogens (tertiary/aromatic N) is 1. The van der Waals surface area contributed by atoms with Gasteiger partial charge in [0, 0.05) is 12.6 Å². The molecule has 0 saturated carbocycles. The number of carbonyl (C=O) groups is 1. The largest absolute Gasteiger partial charge is 0.507 e. The summed E-state index contributed by atoms with van der Waals surface area (Å²) in [6, 6.07) is 6.15. The van der Waals surface area contributed by atoms with Crippen LogP contribution in [0.3, 0.4) is 0 Å². The van der Waals surface area contributed by atoms with Crippen LogP contribution in [0.1, 0.15) is 70.2 Å². The summed E-state index contributed by atoms with van der Waals surface area (Å²) in [5, 5.41) is 34.4. The summed E-state index contributed by atoms with van der Waals surface area (Å²) in [5.41, 5.74) is 3.61. The summed E-state index contributed by atoms with van der Waals surface area (Å²) >= 11 is 3.18. The molecule has 0 radical (unpaired) electrons. The highest BCUT2D eigenvalue weighted by Crippen LogP contribution is 2.50. The number of fused-ring (bicyclic) bond motifs is 2. The SMILES string of the molecule is CC(C)=CCCC(C)CCCC(C)=CCN1C(=O)c2cccc(O)c2Nc2c1cc(O)c(Br)c2O. The van der Waals surface area contributed by atoms with Crippen LogP contribution in [0.2, 0.25) is 0 Å². The fraction of sp³-hybridized carbons (Fsp3) is 0.393. The molecule has 1 heterocycles. The monoisotopic (exact) mass is 542 g/mol. The molecule has 1 unspecified atom stereocenters. The number of aromatic hydroxyl groups is 3. The summed E-state index contributed by atoms with van der Waals surface area (Å²) in [6.07, 6.45) is 9.78. The van der Waals surface area contributed by atoms with E-state index in [2.05, 4.69) is 55.0 Å². The summed E-state index contributed by atoms with van der Waals surface area (Å²) in [6.45, 7) is 8.88. The van der Waals surface area contributed by atoms with Gasteiger partial charge in [0.1, 0.15) is 21.7 Å². The molecule has 2 aromatic carbocycles. The molecular formula is C28H35BrN2O4. The Kier molecular flexibility index (Phi) is 8.89. The van der Waals surface area contributed by atoms with Crippen molar-refractivity contribution in [2.24, 2.45) is 5.92 Å². The highest BCUT2D eigenvalue weighted by atomic mass is 79.9. The van der Waals surface area contributed by atoms with Crippen molar-refractivity contribution in [1.29, 1.82) is 0 Å². The predicted molar refractivity (Wildman–Crippen MR) is 146 cm³/mol. The zero-order chi connectivity index (χ0) is 25.7. The normalized spacial score (nSPS) is 14.0. The molecule has 35 heavy (non-hydrogen) atoms. The Balaban J connectivity index is 1.79. The summed E-state index contributed by atoms with van der Waals surface area (Å²) < 4.78 is 0.112. The number of phenolic OH excluding ortho intramolecular Hbond substituents is 3. The Morgan fingerprint density at radius 1 is 1.09 bits per heavy atom. The average Bonchev–Trinajstić information content (AvgIpc) is 2.91. The van der Waals surface area contributed by atoms with Crippen molar-refractivity contribution in [1.82, 2.24) is 0 Å². The first-order valence-corrected chi connectivity index (χ1v) is 12.8. The minimum absolute atomic E-state index is 0.0994. The first kappa shape index (κ1) is 26.7. The van der Waals surface area contributed by atoms with Crippen molar-refractivity contribution in [3.05, 3.63) is 57.6 Å². The molecule has 0 saturated heterocycles. The minimum Gasteiger partial charge on any atom is -0.507 e. The number of allylic oxidation sites excluding steroid dienone is 3. The van der Waals surface area contributed by atoms with Gasteiger partial charge < -0.3 is 25.5 Å². The molecular weight excluding hydrogens is 508 g/mol. The van der Waals surface area contributed by atoms with E-state index in [1.165, 1.54) is 34.6 Å². The van der Waals surface area contributed by atoms with Crippen molar-refractivity contribution in [2.45, 2.75) is 59.8 Å². The number of anilines is 3. The van der Waals surface area contributed by atoms with Crippen LogP contribution in [0, 0.1) is 5.92 Å². The summed E-state index contributed by atoms with van der Waals surface area (Å²) in [4.78, 5) is 15.0. The molecule has 0 bridgehead atoms. The number of phenols is 3. The van der Waals surface area contributed by atoms with Gasteiger partial charge in [0.2, 0.25) is 0 Å². The maximum Gasteiger partial charge on any atom is 0.260 e. The second-order valence-corrected chi connectivity index (χ2v) is 10.4. The van der Waals surface area contributed by atoms with Gasteiger partial charge in [-0.3, -0.25) is 4.79 Å². The maximum atomic E-state index is 13.5. The van der Waals surface area contributed by atoms with E-state index in [0.717, 1.165) is 25.7 Å². The minimum atomic E-state index is -0.333. The van der Waals surface area contributed by atoms with Crippen LogP contribution in [-0.4, -0.2) is 27.8 Å². The third-order valence-corrected chi connectivity index (χ3v) is 7.14. The van der Waals surface area contributed by atoms with Crippen LogP contribution in [-0.2, 0) is 0 Å². The molecule has 6 nitrogen and oxygen atoms in total. The van der Waals surface area contributed by atoms with Crippen LogP contribution in [0.5, 0.6) is 17.2 Å². The number of rotatable bonds is 9. The Hall–Kier alpha value is -2.93. The van der Waals surface area contributed by atoms with Crippen LogP contribution < -0.4 is 10.2 Å². The van der Waals surface area contributed by atoms with Crippen molar-refractivity contribution < 1.29 is 20.1 Å². The van der Waals surface area contributed by atoms with Gasteiger partial charge in [0.25, 0.3) is 5.91 Å². The Morgan fingerprint density at radius 2 is 1.83 bits per heavy atom. The number of carbonyl (C=O) groups excluding carboxylic acids is 1. The van der Waals surface area contributed by atoms with E-state index in [-0.39, 0.29) is 51.1 Å².